The van der Waals surface area contributed by atoms with Gasteiger partial charge < -0.3 is 10.2 Å². The first-order chi connectivity index (χ1) is 7.78. The molecule has 1 N–H and O–H groups in total. The van der Waals surface area contributed by atoms with Gasteiger partial charge in [0.25, 0.3) is 0 Å². The largest absolute Gasteiger partial charge is 0.357 e. The van der Waals surface area contributed by atoms with Gasteiger partial charge in [0, 0.05) is 19.6 Å². The summed E-state index contributed by atoms with van der Waals surface area (Å²) in [5, 5.41) is 2.85. The van der Waals surface area contributed by atoms with Crippen LogP contribution in [-0.4, -0.2) is 29.6 Å². The molecule has 0 radical (unpaired) electrons. The SMILES string of the molecule is CNc1ncc(F)c(N2CC3CCC2C3)n1. The lowest BCUT2D eigenvalue weighted by Gasteiger charge is -2.28. The van der Waals surface area contributed by atoms with Gasteiger partial charge in [-0.1, -0.05) is 0 Å². The van der Waals surface area contributed by atoms with Crippen LogP contribution in [0.1, 0.15) is 19.3 Å². The van der Waals surface area contributed by atoms with Gasteiger partial charge in [-0.2, -0.15) is 4.98 Å². The summed E-state index contributed by atoms with van der Waals surface area (Å²) < 4.78 is 13.7. The molecule has 0 amide bonds. The molecule has 1 saturated heterocycles. The number of halogens is 1. The highest BCUT2D eigenvalue weighted by Crippen LogP contribution is 2.40. The molecule has 1 saturated carbocycles. The summed E-state index contributed by atoms with van der Waals surface area (Å²) >= 11 is 0. The Balaban J connectivity index is 1.93. The Morgan fingerprint density at radius 2 is 2.38 bits per heavy atom. The van der Waals surface area contributed by atoms with Crippen LogP contribution in [-0.2, 0) is 0 Å². The molecule has 5 heteroatoms. The number of nitrogens with one attached hydrogen (secondary N) is 1. The van der Waals surface area contributed by atoms with E-state index in [4.69, 9.17) is 0 Å². The second-order valence-electron chi connectivity index (χ2n) is 4.60. The topological polar surface area (TPSA) is 41.1 Å². The number of rotatable bonds is 2. The molecule has 1 aromatic heterocycles. The molecule has 3 rings (SSSR count). The number of nitrogens with zero attached hydrogens (tertiary/aromatic N) is 3. The Labute approximate surface area is 93.9 Å². The maximum atomic E-state index is 13.7. The summed E-state index contributed by atoms with van der Waals surface area (Å²) in [6.07, 6.45) is 4.90. The van der Waals surface area contributed by atoms with E-state index in [1.807, 2.05) is 0 Å². The fourth-order valence-electron chi connectivity index (χ4n) is 2.86. The van der Waals surface area contributed by atoms with Gasteiger partial charge in [-0.3, -0.25) is 0 Å². The minimum absolute atomic E-state index is 0.313. The highest BCUT2D eigenvalue weighted by atomic mass is 19.1. The molecule has 0 aromatic carbocycles. The van der Waals surface area contributed by atoms with Crippen LogP contribution in [0.15, 0.2) is 6.20 Å². The van der Waals surface area contributed by atoms with Crippen LogP contribution in [0, 0.1) is 11.7 Å². The van der Waals surface area contributed by atoms with Crippen LogP contribution in [0.2, 0.25) is 0 Å². The Morgan fingerprint density at radius 3 is 3.00 bits per heavy atom. The van der Waals surface area contributed by atoms with Crippen LogP contribution in [0.3, 0.4) is 0 Å². The molecule has 2 bridgehead atoms. The lowest BCUT2D eigenvalue weighted by molar-refractivity contribution is 0.533. The van der Waals surface area contributed by atoms with E-state index < -0.39 is 0 Å². The summed E-state index contributed by atoms with van der Waals surface area (Å²) in [4.78, 5) is 10.2. The van der Waals surface area contributed by atoms with Gasteiger partial charge in [0.05, 0.1) is 6.20 Å². The maximum absolute atomic E-state index is 13.7. The molecule has 1 aromatic rings. The van der Waals surface area contributed by atoms with Crippen LogP contribution in [0.4, 0.5) is 16.2 Å². The molecule has 1 aliphatic carbocycles. The molecule has 2 fully saturated rings. The van der Waals surface area contributed by atoms with Crippen LogP contribution in [0.5, 0.6) is 0 Å². The van der Waals surface area contributed by atoms with Gasteiger partial charge in [-0.05, 0) is 25.2 Å². The fraction of sp³-hybridized carbons (Fsp3) is 0.636. The zero-order chi connectivity index (χ0) is 11.1. The minimum atomic E-state index is -0.313. The second-order valence-corrected chi connectivity index (χ2v) is 4.60. The lowest BCUT2D eigenvalue weighted by atomic mass is 10.1. The number of anilines is 2. The smallest absolute Gasteiger partial charge is 0.224 e. The predicted octanol–water partition coefficient (Wildman–Crippen LogP) is 1.65. The van der Waals surface area contributed by atoms with Gasteiger partial charge in [-0.25, -0.2) is 9.37 Å². The molecule has 2 heterocycles. The third kappa shape index (κ3) is 1.42. The number of piperidine rings is 1. The standard InChI is InChI=1S/C11H15FN4/c1-13-11-14-5-9(12)10(15-11)16-6-7-2-3-8(16)4-7/h5,7-8H,2-4,6H2,1H3,(H,13,14,15). The van der Waals surface area contributed by atoms with E-state index in [0.717, 1.165) is 12.5 Å². The van der Waals surface area contributed by atoms with Gasteiger partial charge in [0.1, 0.15) is 0 Å². The molecule has 4 nitrogen and oxygen atoms in total. The molecule has 16 heavy (non-hydrogen) atoms. The van der Waals surface area contributed by atoms with Crippen LogP contribution >= 0.6 is 0 Å². The molecule has 2 unspecified atom stereocenters. The highest BCUT2D eigenvalue weighted by Gasteiger charge is 2.39. The number of hydrogen-bond donors (Lipinski definition) is 1. The Morgan fingerprint density at radius 1 is 1.50 bits per heavy atom. The van der Waals surface area contributed by atoms with E-state index in [1.165, 1.54) is 25.5 Å². The predicted molar refractivity (Wildman–Crippen MR) is 60.0 cm³/mol. The first-order valence-corrected chi connectivity index (χ1v) is 5.75. The molecule has 1 aliphatic heterocycles. The van der Waals surface area contributed by atoms with Crippen molar-refractivity contribution in [3.05, 3.63) is 12.0 Å². The van der Waals surface area contributed by atoms with Crippen molar-refractivity contribution >= 4 is 11.8 Å². The normalized spacial score (nSPS) is 27.5. The third-order valence-corrected chi connectivity index (χ3v) is 3.63. The second kappa shape index (κ2) is 3.57. The quantitative estimate of drug-likeness (QED) is 0.826. The van der Waals surface area contributed by atoms with Crippen LogP contribution < -0.4 is 10.2 Å². The number of fused-ring (bicyclic) bond motifs is 2. The summed E-state index contributed by atoms with van der Waals surface area (Å²) in [7, 11) is 1.74. The van der Waals surface area contributed by atoms with E-state index in [1.54, 1.807) is 7.05 Å². The molecule has 0 spiro atoms. The average Bonchev–Trinajstić information content (AvgIpc) is 2.91. The van der Waals surface area contributed by atoms with Crippen molar-refractivity contribution in [1.82, 2.24) is 9.97 Å². The molecule has 2 aliphatic rings. The lowest BCUT2D eigenvalue weighted by Crippen LogP contribution is -2.33. The summed E-state index contributed by atoms with van der Waals surface area (Å²) in [5.41, 5.74) is 0. The van der Waals surface area contributed by atoms with E-state index in [0.29, 0.717) is 17.8 Å². The molecular formula is C11H15FN4. The van der Waals surface area contributed by atoms with E-state index in [9.17, 15) is 4.39 Å². The summed E-state index contributed by atoms with van der Waals surface area (Å²) in [6.45, 7) is 0.946. The summed E-state index contributed by atoms with van der Waals surface area (Å²) in [6, 6.07) is 0.485. The van der Waals surface area contributed by atoms with Gasteiger partial charge >= 0.3 is 0 Å². The monoisotopic (exact) mass is 222 g/mol. The van der Waals surface area contributed by atoms with Crippen molar-refractivity contribution < 1.29 is 4.39 Å². The van der Waals surface area contributed by atoms with Crippen molar-refractivity contribution in [1.29, 1.82) is 0 Å². The van der Waals surface area contributed by atoms with Crippen molar-refractivity contribution in [2.75, 3.05) is 23.8 Å². The maximum Gasteiger partial charge on any atom is 0.224 e. The van der Waals surface area contributed by atoms with E-state index in [2.05, 4.69) is 20.2 Å². The van der Waals surface area contributed by atoms with Crippen LogP contribution in [0.25, 0.3) is 0 Å². The minimum Gasteiger partial charge on any atom is -0.357 e. The number of hydrogen-bond acceptors (Lipinski definition) is 4. The van der Waals surface area contributed by atoms with Crippen molar-refractivity contribution in [2.24, 2.45) is 5.92 Å². The Hall–Kier alpha value is -1.39. The first kappa shape index (κ1) is 9.81. The zero-order valence-electron chi connectivity index (χ0n) is 9.28. The van der Waals surface area contributed by atoms with Crippen molar-refractivity contribution in [2.45, 2.75) is 25.3 Å². The highest BCUT2D eigenvalue weighted by molar-refractivity contribution is 5.46. The average molecular weight is 222 g/mol. The Bertz CT molecular complexity index is 409. The molecule has 86 valence electrons. The first-order valence-electron chi connectivity index (χ1n) is 5.75. The van der Waals surface area contributed by atoms with Gasteiger partial charge in [0.15, 0.2) is 11.6 Å². The van der Waals surface area contributed by atoms with Crippen molar-refractivity contribution in [3.8, 4) is 0 Å². The van der Waals surface area contributed by atoms with E-state index in [-0.39, 0.29) is 5.82 Å². The van der Waals surface area contributed by atoms with Crippen molar-refractivity contribution in [3.63, 3.8) is 0 Å². The van der Waals surface area contributed by atoms with E-state index >= 15 is 0 Å². The van der Waals surface area contributed by atoms with Gasteiger partial charge in [-0.15, -0.1) is 0 Å². The molecule has 2 atom stereocenters. The third-order valence-electron chi connectivity index (χ3n) is 3.63. The molecular weight excluding hydrogens is 207 g/mol. The van der Waals surface area contributed by atoms with Gasteiger partial charge in [0.2, 0.25) is 5.95 Å². The number of aromatic nitrogens is 2. The zero-order valence-corrected chi connectivity index (χ0v) is 9.28. The summed E-state index contributed by atoms with van der Waals surface area (Å²) in [5.74, 6) is 1.37. The Kier molecular flexibility index (Phi) is 2.19. The fourth-order valence-corrected chi connectivity index (χ4v) is 2.86.